The van der Waals surface area contributed by atoms with Gasteiger partial charge in [0.1, 0.15) is 6.10 Å². The number of nitrogens with two attached hydrogens (primary N) is 1. The van der Waals surface area contributed by atoms with Gasteiger partial charge in [0.05, 0.1) is 0 Å². The van der Waals surface area contributed by atoms with Crippen LogP contribution in [0.4, 0.5) is 0 Å². The molecular weight excluding hydrogens is 178 g/mol. The summed E-state index contributed by atoms with van der Waals surface area (Å²) < 4.78 is 5.05. The molecule has 0 heterocycles. The van der Waals surface area contributed by atoms with E-state index in [0.717, 1.165) is 5.56 Å². The minimum absolute atomic E-state index is 0.0151. The molecule has 2 atom stereocenters. The van der Waals surface area contributed by atoms with Crippen LogP contribution < -0.4 is 5.73 Å². The van der Waals surface area contributed by atoms with Crippen molar-refractivity contribution < 1.29 is 9.53 Å². The van der Waals surface area contributed by atoms with Gasteiger partial charge in [0.15, 0.2) is 0 Å². The summed E-state index contributed by atoms with van der Waals surface area (Å²) in [6.07, 6.45) is -0.558. The lowest BCUT2D eigenvalue weighted by atomic mass is 9.95. The molecule has 0 spiro atoms. The molecule has 1 amide bonds. The molecule has 0 aliphatic rings. The summed E-state index contributed by atoms with van der Waals surface area (Å²) in [6.45, 7) is 1.92. The summed E-state index contributed by atoms with van der Waals surface area (Å²) in [5, 5.41) is 0. The van der Waals surface area contributed by atoms with Gasteiger partial charge in [0, 0.05) is 13.0 Å². The molecular formula is C11H15NO2. The first-order valence-corrected chi connectivity index (χ1v) is 4.54. The zero-order valence-corrected chi connectivity index (χ0v) is 8.44. The highest BCUT2D eigenvalue weighted by atomic mass is 16.5. The molecule has 0 aliphatic carbocycles. The lowest BCUT2D eigenvalue weighted by molar-refractivity contribution is -0.128. The van der Waals surface area contributed by atoms with Gasteiger partial charge in [-0.25, -0.2) is 0 Å². The SMILES string of the molecule is COC(C(N)=O)C(C)c1ccccc1. The lowest BCUT2D eigenvalue weighted by Crippen LogP contribution is -2.34. The van der Waals surface area contributed by atoms with Crippen LogP contribution in [0.5, 0.6) is 0 Å². The number of carbonyl (C=O) groups is 1. The molecule has 0 aromatic heterocycles. The average molecular weight is 193 g/mol. The number of hydrogen-bond acceptors (Lipinski definition) is 2. The Labute approximate surface area is 83.9 Å². The number of rotatable bonds is 4. The second-order valence-electron chi connectivity index (χ2n) is 3.26. The molecule has 3 heteroatoms. The number of primary amides is 1. The summed E-state index contributed by atoms with van der Waals surface area (Å²) in [4.78, 5) is 11.0. The molecule has 0 aliphatic heterocycles. The summed E-state index contributed by atoms with van der Waals surface area (Å²) >= 11 is 0. The first-order valence-electron chi connectivity index (χ1n) is 4.54. The quantitative estimate of drug-likeness (QED) is 0.783. The Morgan fingerprint density at radius 3 is 2.36 bits per heavy atom. The minimum atomic E-state index is -0.558. The van der Waals surface area contributed by atoms with Crippen LogP contribution in [0.2, 0.25) is 0 Å². The van der Waals surface area contributed by atoms with Gasteiger partial charge in [-0.05, 0) is 5.56 Å². The fraction of sp³-hybridized carbons (Fsp3) is 0.364. The van der Waals surface area contributed by atoms with Crippen molar-refractivity contribution >= 4 is 5.91 Å². The van der Waals surface area contributed by atoms with Crippen molar-refractivity contribution in [1.82, 2.24) is 0 Å². The highest BCUT2D eigenvalue weighted by molar-refractivity contribution is 5.80. The lowest BCUT2D eigenvalue weighted by Gasteiger charge is -2.19. The van der Waals surface area contributed by atoms with Crippen molar-refractivity contribution in [3.8, 4) is 0 Å². The molecule has 2 N–H and O–H groups in total. The average Bonchev–Trinajstić information content (AvgIpc) is 2.19. The topological polar surface area (TPSA) is 52.3 Å². The van der Waals surface area contributed by atoms with Crippen LogP contribution in [0.25, 0.3) is 0 Å². The van der Waals surface area contributed by atoms with E-state index in [-0.39, 0.29) is 5.92 Å². The van der Waals surface area contributed by atoms with Gasteiger partial charge < -0.3 is 10.5 Å². The molecule has 0 saturated carbocycles. The highest BCUT2D eigenvalue weighted by Crippen LogP contribution is 2.20. The van der Waals surface area contributed by atoms with Gasteiger partial charge in [-0.2, -0.15) is 0 Å². The van der Waals surface area contributed by atoms with Gasteiger partial charge in [-0.15, -0.1) is 0 Å². The van der Waals surface area contributed by atoms with E-state index in [1.165, 1.54) is 7.11 Å². The standard InChI is InChI=1S/C11H15NO2/c1-8(10(14-2)11(12)13)9-6-4-3-5-7-9/h3-8,10H,1-2H3,(H2,12,13). The molecule has 0 bridgehead atoms. The van der Waals surface area contributed by atoms with E-state index in [1.807, 2.05) is 37.3 Å². The number of hydrogen-bond donors (Lipinski definition) is 1. The van der Waals surface area contributed by atoms with E-state index < -0.39 is 12.0 Å². The third-order valence-corrected chi connectivity index (χ3v) is 2.31. The molecule has 3 nitrogen and oxygen atoms in total. The van der Waals surface area contributed by atoms with Crippen molar-refractivity contribution in [2.24, 2.45) is 5.73 Å². The van der Waals surface area contributed by atoms with Gasteiger partial charge in [0.25, 0.3) is 0 Å². The van der Waals surface area contributed by atoms with Gasteiger partial charge in [-0.3, -0.25) is 4.79 Å². The van der Waals surface area contributed by atoms with Crippen LogP contribution in [0.1, 0.15) is 18.4 Å². The zero-order chi connectivity index (χ0) is 10.6. The first kappa shape index (κ1) is 10.7. The number of carbonyl (C=O) groups excluding carboxylic acids is 1. The third-order valence-electron chi connectivity index (χ3n) is 2.31. The summed E-state index contributed by atoms with van der Waals surface area (Å²) in [6, 6.07) is 9.71. The van der Waals surface area contributed by atoms with Crippen LogP contribution in [-0.2, 0) is 9.53 Å². The second-order valence-corrected chi connectivity index (χ2v) is 3.26. The summed E-state index contributed by atoms with van der Waals surface area (Å²) in [7, 11) is 1.49. The smallest absolute Gasteiger partial charge is 0.247 e. The Kier molecular flexibility index (Phi) is 3.65. The van der Waals surface area contributed by atoms with Gasteiger partial charge in [-0.1, -0.05) is 37.3 Å². The van der Waals surface area contributed by atoms with Gasteiger partial charge in [0.2, 0.25) is 5.91 Å². The molecule has 14 heavy (non-hydrogen) atoms. The Hall–Kier alpha value is -1.35. The fourth-order valence-electron chi connectivity index (χ4n) is 1.50. The largest absolute Gasteiger partial charge is 0.371 e. The maximum absolute atomic E-state index is 11.0. The number of ether oxygens (including phenoxy) is 1. The monoisotopic (exact) mass is 193 g/mol. The Morgan fingerprint density at radius 2 is 1.93 bits per heavy atom. The molecule has 0 saturated heterocycles. The van der Waals surface area contributed by atoms with E-state index in [9.17, 15) is 4.79 Å². The van der Waals surface area contributed by atoms with Crippen LogP contribution in [0.15, 0.2) is 30.3 Å². The minimum Gasteiger partial charge on any atom is -0.371 e. The van der Waals surface area contributed by atoms with Crippen molar-refractivity contribution in [1.29, 1.82) is 0 Å². The first-order chi connectivity index (χ1) is 6.66. The molecule has 1 aromatic carbocycles. The van der Waals surface area contributed by atoms with Gasteiger partial charge >= 0.3 is 0 Å². The van der Waals surface area contributed by atoms with Crippen LogP contribution in [0, 0.1) is 0 Å². The van der Waals surface area contributed by atoms with E-state index in [4.69, 9.17) is 10.5 Å². The molecule has 0 radical (unpaired) electrons. The second kappa shape index (κ2) is 4.77. The molecule has 76 valence electrons. The maximum atomic E-state index is 11.0. The summed E-state index contributed by atoms with van der Waals surface area (Å²) in [5.74, 6) is -0.442. The van der Waals surface area contributed by atoms with Crippen LogP contribution in [-0.4, -0.2) is 19.1 Å². The van der Waals surface area contributed by atoms with E-state index in [0.29, 0.717) is 0 Å². The fourth-order valence-corrected chi connectivity index (χ4v) is 1.50. The number of benzene rings is 1. The van der Waals surface area contributed by atoms with Crippen molar-refractivity contribution in [2.75, 3.05) is 7.11 Å². The normalized spacial score (nSPS) is 14.7. The predicted molar refractivity (Wildman–Crippen MR) is 54.8 cm³/mol. The Balaban J connectivity index is 2.83. The van der Waals surface area contributed by atoms with E-state index in [1.54, 1.807) is 0 Å². The van der Waals surface area contributed by atoms with E-state index in [2.05, 4.69) is 0 Å². The molecule has 1 rings (SSSR count). The third kappa shape index (κ3) is 2.33. The van der Waals surface area contributed by atoms with Crippen LogP contribution in [0.3, 0.4) is 0 Å². The van der Waals surface area contributed by atoms with Crippen LogP contribution >= 0.6 is 0 Å². The maximum Gasteiger partial charge on any atom is 0.247 e. The molecule has 2 unspecified atom stereocenters. The Morgan fingerprint density at radius 1 is 1.36 bits per heavy atom. The van der Waals surface area contributed by atoms with Crippen molar-refractivity contribution in [3.63, 3.8) is 0 Å². The Bertz CT molecular complexity index is 297. The van der Waals surface area contributed by atoms with Crippen molar-refractivity contribution in [2.45, 2.75) is 18.9 Å². The zero-order valence-electron chi connectivity index (χ0n) is 8.44. The summed E-state index contributed by atoms with van der Waals surface area (Å²) in [5.41, 5.74) is 6.28. The highest BCUT2D eigenvalue weighted by Gasteiger charge is 2.23. The van der Waals surface area contributed by atoms with E-state index >= 15 is 0 Å². The molecule has 0 fully saturated rings. The number of amides is 1. The molecule has 1 aromatic rings. The predicted octanol–water partition coefficient (Wildman–Crippen LogP) is 1.29. The van der Waals surface area contributed by atoms with Crippen molar-refractivity contribution in [3.05, 3.63) is 35.9 Å². The number of methoxy groups -OCH3 is 1.